The first-order valence-electron chi connectivity index (χ1n) is 23.0. The molecule has 4 bridgehead atoms. The van der Waals surface area contributed by atoms with Crippen molar-refractivity contribution in [3.63, 3.8) is 0 Å². The highest BCUT2D eigenvalue weighted by atomic mass is 32.2. The Morgan fingerprint density at radius 3 is 1.08 bits per heavy atom. The van der Waals surface area contributed by atoms with Crippen molar-refractivity contribution in [2.75, 3.05) is 10.0 Å². The molecule has 2 atom stereocenters. The number of benzene rings is 6. The molecule has 4 amide bonds. The fourth-order valence-electron chi connectivity index (χ4n) is 10.4. The van der Waals surface area contributed by atoms with Gasteiger partial charge >= 0.3 is 0 Å². The predicted octanol–water partition coefficient (Wildman–Crippen LogP) is 2.16. The molecular formula is C49H32N6O23S6. The molecule has 2 aliphatic heterocycles. The van der Waals surface area contributed by atoms with Crippen LogP contribution in [0, 0.1) is 0 Å². The number of carbonyl (C=O) groups is 5. The van der Waals surface area contributed by atoms with Crippen LogP contribution >= 0.6 is 0 Å². The van der Waals surface area contributed by atoms with Crippen LogP contribution in [0.4, 0.5) is 11.4 Å². The number of hydrazine groups is 2. The summed E-state index contributed by atoms with van der Waals surface area (Å²) in [7, 11) is -33.6. The van der Waals surface area contributed by atoms with Gasteiger partial charge in [0, 0.05) is 21.5 Å². The Bertz CT molecular complexity index is 4700. The second kappa shape index (κ2) is 19.6. The Kier molecular flexibility index (Phi) is 13.6. The van der Waals surface area contributed by atoms with Gasteiger partial charge in [-0.05, 0) is 71.8 Å². The van der Waals surface area contributed by atoms with Crippen molar-refractivity contribution in [1.82, 2.24) is 10.9 Å². The van der Waals surface area contributed by atoms with E-state index in [2.05, 4.69) is 20.8 Å². The minimum Gasteiger partial charge on any atom is -0.289 e. The van der Waals surface area contributed by atoms with Crippen LogP contribution in [-0.2, 0) is 95.5 Å². The minimum absolute atomic E-state index is 0.0308. The van der Waals surface area contributed by atoms with Gasteiger partial charge in [-0.3, -0.25) is 62.1 Å². The zero-order valence-electron chi connectivity index (χ0n) is 41.2. The summed E-state index contributed by atoms with van der Waals surface area (Å²) in [6.07, 6.45) is 4.16. The van der Waals surface area contributed by atoms with Gasteiger partial charge in [-0.15, -0.1) is 0 Å². The Labute approximate surface area is 472 Å². The number of Topliss-reactive ketones (excluding diaryl/α,β-unsaturated/α-hetero) is 1. The van der Waals surface area contributed by atoms with Gasteiger partial charge in [0.15, 0.2) is 5.78 Å². The average molecular weight is 1270 g/mol. The number of nitrogens with one attached hydrogen (secondary N) is 2. The van der Waals surface area contributed by atoms with Crippen LogP contribution in [0.2, 0.25) is 0 Å². The maximum atomic E-state index is 16.7. The number of hydrogen-bond donors (Lipinski definition) is 8. The second-order valence-corrected chi connectivity index (χ2v) is 26.7. The third-order valence-corrected chi connectivity index (χ3v) is 19.0. The molecular weight excluding hydrogens is 1230 g/mol. The van der Waals surface area contributed by atoms with E-state index in [1.807, 2.05) is 0 Å². The van der Waals surface area contributed by atoms with E-state index >= 15 is 14.4 Å². The molecule has 2 unspecified atom stereocenters. The third-order valence-electron chi connectivity index (χ3n) is 13.8. The van der Waals surface area contributed by atoms with Crippen LogP contribution in [0.25, 0.3) is 21.5 Å². The van der Waals surface area contributed by atoms with Crippen molar-refractivity contribution >= 4 is 135 Å². The number of allylic oxidation sites excluding steroid dienone is 2. The van der Waals surface area contributed by atoms with Crippen molar-refractivity contribution in [1.29, 1.82) is 0 Å². The molecule has 8 N–H and O–H groups in total. The van der Waals surface area contributed by atoms with Crippen molar-refractivity contribution in [2.45, 2.75) is 40.2 Å². The van der Waals surface area contributed by atoms with Gasteiger partial charge in [0.1, 0.15) is 30.4 Å². The summed E-state index contributed by atoms with van der Waals surface area (Å²) in [5.41, 5.74) is -6.09. The van der Waals surface area contributed by atoms with Gasteiger partial charge in [-0.2, -0.15) is 50.5 Å². The Hall–Kier alpha value is -8.85. The quantitative estimate of drug-likeness (QED) is 0.0572. The third kappa shape index (κ3) is 9.23. The van der Waals surface area contributed by atoms with Crippen LogP contribution in [0.15, 0.2) is 195 Å². The van der Waals surface area contributed by atoms with Crippen LogP contribution in [-0.4, -0.2) is 120 Å². The fourth-order valence-corrected chi connectivity index (χ4v) is 14.5. The van der Waals surface area contributed by atoms with Crippen LogP contribution < -0.4 is 20.9 Å². The molecule has 432 valence electrons. The first kappa shape index (κ1) is 58.4. The molecule has 10 rings (SSSR count). The number of nitrogens with zero attached hydrogens (tertiary/aromatic N) is 4. The Morgan fingerprint density at radius 2 is 0.786 bits per heavy atom. The molecule has 0 radical (unpaired) electrons. The van der Waals surface area contributed by atoms with E-state index in [4.69, 9.17) is 0 Å². The van der Waals surface area contributed by atoms with E-state index in [0.717, 1.165) is 24.3 Å². The number of ketones is 1. The molecule has 0 spiro atoms. The van der Waals surface area contributed by atoms with E-state index in [9.17, 15) is 87.4 Å². The predicted molar refractivity (Wildman–Crippen MR) is 289 cm³/mol. The lowest BCUT2D eigenvalue weighted by Gasteiger charge is -2.48. The normalized spacial score (nSPS) is 20.4. The summed E-state index contributed by atoms with van der Waals surface area (Å²) in [4.78, 5) is 73.4. The monoisotopic (exact) mass is 1260 g/mol. The number of anilines is 2. The highest BCUT2D eigenvalue weighted by Crippen LogP contribution is 2.53. The summed E-state index contributed by atoms with van der Waals surface area (Å²) in [6, 6.07) is 17.2. The molecule has 2 heterocycles. The SMILES string of the molecule is O=CN=C1C=CC2(c3ccccc3)C(=O)N(c3ccc(S(=O)(=O)O)c4cc(S(=O)(=O)O)cc(S(=O)(=O)O)c34)NC1=C2C(=O)C1=C2NN(c3ccc(S(=O)(=O)O)c4cc(S(=O)(=O)O)cc(S(=O)(=O)O)c34)C(=O)C1(c1ccccc1)C=CC2=NC=O. The molecule has 29 nitrogen and oxygen atoms in total. The van der Waals surface area contributed by atoms with Crippen LogP contribution in [0.5, 0.6) is 0 Å². The molecule has 84 heavy (non-hydrogen) atoms. The van der Waals surface area contributed by atoms with Crippen LogP contribution in [0.1, 0.15) is 11.1 Å². The summed E-state index contributed by atoms with van der Waals surface area (Å²) in [5.74, 6) is -4.16. The molecule has 6 aromatic rings. The molecule has 4 aliphatic rings. The first-order chi connectivity index (χ1) is 39.1. The fraction of sp³-hybridized carbons (Fsp3) is 0.0408. The van der Waals surface area contributed by atoms with Crippen molar-refractivity contribution in [3.05, 3.63) is 167 Å². The zero-order chi connectivity index (χ0) is 61.2. The standard InChI is InChI=1S/C49H32N6O23S6/c56-23-50-31-15-17-48(25-7-3-1-4-8-25)41(43(31)52-54(46(48)59)33-11-13-35(81(67,68)69)29-19-27(79(61,62)63)21-37(39(29)33)83(73,74)75)45(58)42-44-32(51-24-57)16-18-49(42,26-9-5-2-6-10-26)47(60)55(53-44)34-12-14-36(82(70,71)72)30-20-28(80(64,65)66)22-38(40(30)34)84(76,77)78/h1-24,52-53H,(H,61,62,63)(H,64,65,66)(H,67,68,69)(H,70,71,72)(H,73,74,75)(H,76,77,78). The smallest absolute Gasteiger partial charge is 0.289 e. The van der Waals surface area contributed by atoms with Gasteiger partial charge in [0.2, 0.25) is 12.8 Å². The summed E-state index contributed by atoms with van der Waals surface area (Å²) >= 11 is 0. The lowest BCUT2D eigenvalue weighted by Crippen LogP contribution is -2.64. The number of fused-ring (bicyclic) bond motifs is 4. The second-order valence-electron chi connectivity index (χ2n) is 18.3. The average Bonchev–Trinajstić information content (AvgIpc) is 0.906. The van der Waals surface area contributed by atoms with E-state index in [1.54, 1.807) is 0 Å². The van der Waals surface area contributed by atoms with Crippen molar-refractivity contribution in [3.8, 4) is 0 Å². The molecule has 2 aliphatic carbocycles. The van der Waals surface area contributed by atoms with E-state index in [-0.39, 0.29) is 36.1 Å². The lowest BCUT2D eigenvalue weighted by atomic mass is 9.60. The van der Waals surface area contributed by atoms with E-state index < -0.39 is 185 Å². The zero-order valence-corrected chi connectivity index (χ0v) is 46.1. The minimum atomic E-state index is -5.79. The van der Waals surface area contributed by atoms with Gasteiger partial charge in [0.05, 0.1) is 55.1 Å². The van der Waals surface area contributed by atoms with Crippen molar-refractivity contribution in [2.24, 2.45) is 9.98 Å². The maximum Gasteiger partial charge on any atom is 0.295 e. The largest absolute Gasteiger partial charge is 0.295 e. The summed E-state index contributed by atoms with van der Waals surface area (Å²) in [5, 5.41) is -3.25. The number of amides is 4. The van der Waals surface area contributed by atoms with Crippen molar-refractivity contribution < 1.29 is 102 Å². The van der Waals surface area contributed by atoms with Gasteiger partial charge < -0.3 is 0 Å². The molecule has 0 saturated carbocycles. The van der Waals surface area contributed by atoms with E-state index in [1.165, 1.54) is 60.7 Å². The lowest BCUT2D eigenvalue weighted by molar-refractivity contribution is -0.126. The van der Waals surface area contributed by atoms with Gasteiger partial charge in [0.25, 0.3) is 72.5 Å². The first-order valence-corrected chi connectivity index (χ1v) is 31.6. The summed E-state index contributed by atoms with van der Waals surface area (Å²) < 4.78 is 217. The number of aliphatic imine (C=N–C) groups is 2. The summed E-state index contributed by atoms with van der Waals surface area (Å²) in [6.45, 7) is 0. The topological polar surface area (TPSA) is 467 Å². The maximum absolute atomic E-state index is 16.7. The molecule has 0 aromatic heterocycles. The van der Waals surface area contributed by atoms with Gasteiger partial charge in [-0.25, -0.2) is 20.0 Å². The Morgan fingerprint density at radius 1 is 0.452 bits per heavy atom. The van der Waals surface area contributed by atoms with Crippen LogP contribution in [0.3, 0.4) is 0 Å². The number of carbonyl (C=O) groups excluding carboxylic acids is 5. The molecule has 0 saturated heterocycles. The molecule has 35 heteroatoms. The highest BCUT2D eigenvalue weighted by Gasteiger charge is 2.61. The molecule has 0 fully saturated rings. The number of rotatable bonds is 14. The molecule has 6 aromatic carbocycles. The van der Waals surface area contributed by atoms with E-state index in [0.29, 0.717) is 46.4 Å². The Balaban J connectivity index is 1.33. The van der Waals surface area contributed by atoms with Gasteiger partial charge in [-0.1, -0.05) is 72.8 Å². The highest BCUT2D eigenvalue weighted by molar-refractivity contribution is 7.88. The number of hydrogen-bond acceptors (Lipinski definition) is 19.